The Kier molecular flexibility index (Phi) is 3.09. The van der Waals surface area contributed by atoms with E-state index in [1.807, 2.05) is 24.5 Å². The molecular formula is C15H16N2O. The molecule has 0 spiro atoms. The highest BCUT2D eigenvalue weighted by Crippen LogP contribution is 2.33. The molecule has 3 rings (SSSR count). The lowest BCUT2D eigenvalue weighted by atomic mass is 9.90. The number of aromatic nitrogens is 1. The second-order valence-corrected chi connectivity index (χ2v) is 4.45. The van der Waals surface area contributed by atoms with Crippen molar-refractivity contribution in [1.82, 2.24) is 4.98 Å². The molecule has 0 unspecified atom stereocenters. The van der Waals surface area contributed by atoms with Crippen LogP contribution in [-0.4, -0.2) is 18.1 Å². The number of ether oxygens (including phenoxy) is 1. The minimum Gasteiger partial charge on any atom is -0.372 e. The molecule has 0 aliphatic carbocycles. The highest BCUT2D eigenvalue weighted by molar-refractivity contribution is 5.69. The average molecular weight is 240 g/mol. The van der Waals surface area contributed by atoms with Crippen LogP contribution in [0.25, 0.3) is 11.1 Å². The molecule has 18 heavy (non-hydrogen) atoms. The smallest absolute Gasteiger partial charge is 0.0950 e. The van der Waals surface area contributed by atoms with Gasteiger partial charge in [-0.25, -0.2) is 0 Å². The summed E-state index contributed by atoms with van der Waals surface area (Å²) in [5.41, 5.74) is 10.9. The summed E-state index contributed by atoms with van der Waals surface area (Å²) in [6.45, 7) is 1.28. The van der Waals surface area contributed by atoms with Crippen LogP contribution in [0.5, 0.6) is 0 Å². The lowest BCUT2D eigenvalue weighted by molar-refractivity contribution is 0.0486. The van der Waals surface area contributed by atoms with E-state index in [4.69, 9.17) is 10.5 Å². The number of hydrogen-bond donors (Lipinski definition) is 1. The third kappa shape index (κ3) is 1.92. The summed E-state index contributed by atoms with van der Waals surface area (Å²) in [5.74, 6) is 0. The quantitative estimate of drug-likeness (QED) is 0.876. The third-order valence-corrected chi connectivity index (χ3v) is 3.44. The van der Waals surface area contributed by atoms with Crippen LogP contribution >= 0.6 is 0 Å². The zero-order valence-electron chi connectivity index (χ0n) is 10.2. The van der Waals surface area contributed by atoms with Crippen LogP contribution in [0, 0.1) is 0 Å². The Morgan fingerprint density at radius 2 is 2.06 bits per heavy atom. The standard InChI is InChI=1S/C15H16N2O/c16-10-15-14-3-1-2-12(13(14)6-9-18-15)11-4-7-17-8-5-11/h1-5,7-8,15H,6,9-10,16H2/t15-/m0/s1. The van der Waals surface area contributed by atoms with Gasteiger partial charge in [-0.1, -0.05) is 18.2 Å². The Morgan fingerprint density at radius 1 is 1.22 bits per heavy atom. The van der Waals surface area contributed by atoms with Crippen LogP contribution in [0.2, 0.25) is 0 Å². The summed E-state index contributed by atoms with van der Waals surface area (Å²) in [6, 6.07) is 10.4. The minimum atomic E-state index is 0.0375. The summed E-state index contributed by atoms with van der Waals surface area (Å²) >= 11 is 0. The Morgan fingerprint density at radius 3 is 2.83 bits per heavy atom. The van der Waals surface area contributed by atoms with Gasteiger partial charge in [0, 0.05) is 18.9 Å². The SMILES string of the molecule is NC[C@@H]1OCCc2c(-c3ccncc3)cccc21. The van der Waals surface area contributed by atoms with Crippen molar-refractivity contribution in [1.29, 1.82) is 0 Å². The molecule has 1 aromatic carbocycles. The Labute approximate surface area is 107 Å². The summed E-state index contributed by atoms with van der Waals surface area (Å²) in [4.78, 5) is 4.07. The first kappa shape index (κ1) is 11.4. The van der Waals surface area contributed by atoms with Crippen molar-refractivity contribution < 1.29 is 4.74 Å². The molecule has 0 saturated carbocycles. The van der Waals surface area contributed by atoms with Gasteiger partial charge in [0.05, 0.1) is 12.7 Å². The van der Waals surface area contributed by atoms with Crippen molar-refractivity contribution in [3.63, 3.8) is 0 Å². The molecular weight excluding hydrogens is 224 g/mol. The van der Waals surface area contributed by atoms with Crippen LogP contribution in [0.1, 0.15) is 17.2 Å². The van der Waals surface area contributed by atoms with Crippen molar-refractivity contribution in [2.75, 3.05) is 13.2 Å². The molecule has 0 bridgehead atoms. The normalized spacial score (nSPS) is 18.4. The first-order chi connectivity index (χ1) is 8.90. The number of nitrogens with zero attached hydrogens (tertiary/aromatic N) is 1. The number of rotatable bonds is 2. The van der Waals surface area contributed by atoms with Gasteiger partial charge in [-0.05, 0) is 40.8 Å². The highest BCUT2D eigenvalue weighted by Gasteiger charge is 2.21. The average Bonchev–Trinajstić information content (AvgIpc) is 2.47. The Bertz CT molecular complexity index is 539. The minimum absolute atomic E-state index is 0.0375. The second-order valence-electron chi connectivity index (χ2n) is 4.45. The summed E-state index contributed by atoms with van der Waals surface area (Å²) in [5, 5.41) is 0. The van der Waals surface area contributed by atoms with E-state index in [1.165, 1.54) is 22.3 Å². The third-order valence-electron chi connectivity index (χ3n) is 3.44. The fraction of sp³-hybridized carbons (Fsp3) is 0.267. The first-order valence-electron chi connectivity index (χ1n) is 6.24. The van der Waals surface area contributed by atoms with Crippen molar-refractivity contribution in [2.45, 2.75) is 12.5 Å². The van der Waals surface area contributed by atoms with E-state index in [1.54, 1.807) is 0 Å². The highest BCUT2D eigenvalue weighted by atomic mass is 16.5. The number of pyridine rings is 1. The molecule has 92 valence electrons. The molecule has 2 heterocycles. The van der Waals surface area contributed by atoms with Crippen molar-refractivity contribution >= 4 is 0 Å². The van der Waals surface area contributed by atoms with Crippen LogP contribution in [0.4, 0.5) is 0 Å². The molecule has 0 amide bonds. The second kappa shape index (κ2) is 4.88. The van der Waals surface area contributed by atoms with Crippen molar-refractivity contribution in [3.8, 4) is 11.1 Å². The molecule has 0 fully saturated rings. The van der Waals surface area contributed by atoms with E-state index in [-0.39, 0.29) is 6.10 Å². The van der Waals surface area contributed by atoms with Gasteiger partial charge >= 0.3 is 0 Å². The van der Waals surface area contributed by atoms with Crippen molar-refractivity contribution in [3.05, 3.63) is 53.9 Å². The van der Waals surface area contributed by atoms with Gasteiger partial charge in [0.15, 0.2) is 0 Å². The molecule has 0 radical (unpaired) electrons. The fourth-order valence-electron chi connectivity index (χ4n) is 2.58. The van der Waals surface area contributed by atoms with E-state index in [0.29, 0.717) is 6.54 Å². The lowest BCUT2D eigenvalue weighted by Crippen LogP contribution is -2.23. The number of benzene rings is 1. The molecule has 3 nitrogen and oxygen atoms in total. The number of fused-ring (bicyclic) bond motifs is 1. The molecule has 0 saturated heterocycles. The zero-order valence-corrected chi connectivity index (χ0v) is 10.2. The number of hydrogen-bond acceptors (Lipinski definition) is 3. The van der Waals surface area contributed by atoms with Gasteiger partial charge < -0.3 is 10.5 Å². The van der Waals surface area contributed by atoms with Crippen LogP contribution in [0.3, 0.4) is 0 Å². The van der Waals surface area contributed by atoms with E-state index in [0.717, 1.165) is 13.0 Å². The Balaban J connectivity index is 2.12. The van der Waals surface area contributed by atoms with Gasteiger partial charge in [0.1, 0.15) is 0 Å². The topological polar surface area (TPSA) is 48.1 Å². The largest absolute Gasteiger partial charge is 0.372 e. The van der Waals surface area contributed by atoms with Gasteiger partial charge in [-0.2, -0.15) is 0 Å². The summed E-state index contributed by atoms with van der Waals surface area (Å²) in [7, 11) is 0. The van der Waals surface area contributed by atoms with Gasteiger partial charge in [0.25, 0.3) is 0 Å². The predicted molar refractivity (Wildman–Crippen MR) is 71.1 cm³/mol. The maximum atomic E-state index is 5.77. The predicted octanol–water partition coefficient (Wildman–Crippen LogP) is 2.32. The summed E-state index contributed by atoms with van der Waals surface area (Å²) < 4.78 is 5.71. The lowest BCUT2D eigenvalue weighted by Gasteiger charge is -2.27. The number of nitrogens with two attached hydrogens (primary N) is 1. The monoisotopic (exact) mass is 240 g/mol. The fourth-order valence-corrected chi connectivity index (χ4v) is 2.58. The molecule has 2 aromatic rings. The maximum Gasteiger partial charge on any atom is 0.0950 e. The molecule has 1 atom stereocenters. The van der Waals surface area contributed by atoms with Crippen LogP contribution in [-0.2, 0) is 11.2 Å². The molecule has 1 aliphatic rings. The maximum absolute atomic E-state index is 5.77. The van der Waals surface area contributed by atoms with Crippen LogP contribution < -0.4 is 5.73 Å². The van der Waals surface area contributed by atoms with E-state index in [9.17, 15) is 0 Å². The van der Waals surface area contributed by atoms with E-state index < -0.39 is 0 Å². The van der Waals surface area contributed by atoms with Crippen molar-refractivity contribution in [2.24, 2.45) is 5.73 Å². The van der Waals surface area contributed by atoms with Gasteiger partial charge in [0.2, 0.25) is 0 Å². The molecule has 1 aliphatic heterocycles. The summed E-state index contributed by atoms with van der Waals surface area (Å²) in [6.07, 6.45) is 4.64. The van der Waals surface area contributed by atoms with Gasteiger partial charge in [-0.15, -0.1) is 0 Å². The van der Waals surface area contributed by atoms with E-state index >= 15 is 0 Å². The first-order valence-corrected chi connectivity index (χ1v) is 6.24. The molecule has 3 heteroatoms. The molecule has 1 aromatic heterocycles. The van der Waals surface area contributed by atoms with Crippen LogP contribution in [0.15, 0.2) is 42.7 Å². The van der Waals surface area contributed by atoms with E-state index in [2.05, 4.69) is 23.2 Å². The zero-order chi connectivity index (χ0) is 12.4. The Hall–Kier alpha value is -1.71. The van der Waals surface area contributed by atoms with Gasteiger partial charge in [-0.3, -0.25) is 4.98 Å². The molecule has 2 N–H and O–H groups in total.